The zero-order valence-electron chi connectivity index (χ0n) is 17.8. The Balaban J connectivity index is 1.55. The molecule has 1 aromatic carbocycles. The molecule has 0 radical (unpaired) electrons. The Labute approximate surface area is 182 Å². The van der Waals surface area contributed by atoms with Gasteiger partial charge in [0, 0.05) is 17.9 Å². The summed E-state index contributed by atoms with van der Waals surface area (Å²) in [6.07, 6.45) is 11.3. The normalized spacial score (nSPS) is 24.2. The summed E-state index contributed by atoms with van der Waals surface area (Å²) in [6, 6.07) is 7.44. The Bertz CT molecular complexity index is 943. The van der Waals surface area contributed by atoms with E-state index in [0.29, 0.717) is 31.7 Å². The number of carbonyl (C=O) groups is 2. The van der Waals surface area contributed by atoms with Crippen LogP contribution in [0.5, 0.6) is 0 Å². The molecule has 2 aliphatic rings. The number of aromatic amines is 1. The van der Waals surface area contributed by atoms with Crippen molar-refractivity contribution in [1.29, 1.82) is 0 Å². The lowest BCUT2D eigenvalue weighted by Crippen LogP contribution is -2.36. The molecule has 1 atom stereocenters. The van der Waals surface area contributed by atoms with Crippen LogP contribution in [0.2, 0.25) is 0 Å². The van der Waals surface area contributed by atoms with Crippen LogP contribution in [0.15, 0.2) is 42.6 Å². The van der Waals surface area contributed by atoms with Crippen LogP contribution in [0.3, 0.4) is 0 Å². The molecule has 1 aliphatic heterocycles. The Morgan fingerprint density at radius 1 is 1.16 bits per heavy atom. The van der Waals surface area contributed by atoms with Gasteiger partial charge in [0.15, 0.2) is 0 Å². The smallest absolute Gasteiger partial charge is 0.224 e. The van der Waals surface area contributed by atoms with Crippen molar-refractivity contribution < 1.29 is 9.59 Å². The largest absolute Gasteiger partial charge is 0.346 e. The third-order valence-electron chi connectivity index (χ3n) is 6.36. The molecule has 2 bridgehead atoms. The number of para-hydroxylation sites is 1. The Morgan fingerprint density at radius 2 is 1.97 bits per heavy atom. The van der Waals surface area contributed by atoms with E-state index in [0.717, 1.165) is 48.5 Å². The van der Waals surface area contributed by atoms with Crippen molar-refractivity contribution in [1.82, 2.24) is 15.3 Å². The van der Waals surface area contributed by atoms with Crippen LogP contribution in [0.4, 0.5) is 5.69 Å². The molecule has 2 heterocycles. The molecule has 7 heteroatoms. The van der Waals surface area contributed by atoms with Gasteiger partial charge in [-0.1, -0.05) is 30.4 Å². The molecule has 0 spiro atoms. The van der Waals surface area contributed by atoms with Crippen molar-refractivity contribution in [3.63, 3.8) is 0 Å². The number of nitrogens with one attached hydrogen (secondary N) is 3. The van der Waals surface area contributed by atoms with E-state index in [2.05, 4.69) is 20.6 Å². The van der Waals surface area contributed by atoms with Gasteiger partial charge in [-0.15, -0.1) is 0 Å². The summed E-state index contributed by atoms with van der Waals surface area (Å²) in [5, 5.41) is 6.21. The second-order valence-corrected chi connectivity index (χ2v) is 8.54. The third-order valence-corrected chi connectivity index (χ3v) is 6.36. The van der Waals surface area contributed by atoms with Crippen LogP contribution < -0.4 is 16.4 Å². The molecule has 1 saturated carbocycles. The average molecular weight is 422 g/mol. The van der Waals surface area contributed by atoms with Crippen molar-refractivity contribution in [3.8, 4) is 11.3 Å². The van der Waals surface area contributed by atoms with E-state index < -0.39 is 0 Å². The molecule has 0 saturated heterocycles. The Morgan fingerprint density at radius 3 is 2.77 bits per heavy atom. The fraction of sp³-hybridized carbons (Fsp3) is 0.458. The first kappa shape index (κ1) is 21.3. The number of imidazole rings is 1. The fourth-order valence-electron chi connectivity index (χ4n) is 4.44. The fourth-order valence-corrected chi connectivity index (χ4v) is 4.44. The second kappa shape index (κ2) is 9.92. The minimum Gasteiger partial charge on any atom is -0.346 e. The predicted octanol–water partition coefficient (Wildman–Crippen LogP) is 3.68. The van der Waals surface area contributed by atoms with Crippen molar-refractivity contribution in [2.45, 2.75) is 51.0 Å². The van der Waals surface area contributed by atoms with Crippen LogP contribution in [-0.2, 0) is 9.59 Å². The SMILES string of the molecule is NCC1CCC(C(=O)NC2CC=CCCC(=O)Nc3ccccc3-c3cnc2[nH]3)CC1. The van der Waals surface area contributed by atoms with Gasteiger partial charge in [0.2, 0.25) is 11.8 Å². The zero-order chi connectivity index (χ0) is 21.6. The van der Waals surface area contributed by atoms with Crippen molar-refractivity contribution in [2.24, 2.45) is 17.6 Å². The number of amides is 2. The van der Waals surface area contributed by atoms with E-state index in [1.54, 1.807) is 6.20 Å². The first-order valence-corrected chi connectivity index (χ1v) is 11.2. The number of rotatable bonds is 3. The maximum atomic E-state index is 13.0. The summed E-state index contributed by atoms with van der Waals surface area (Å²) >= 11 is 0. The molecule has 31 heavy (non-hydrogen) atoms. The number of H-pyrrole nitrogens is 1. The zero-order valence-corrected chi connectivity index (χ0v) is 17.8. The second-order valence-electron chi connectivity index (χ2n) is 8.54. The monoisotopic (exact) mass is 421 g/mol. The summed E-state index contributed by atoms with van der Waals surface area (Å²) in [7, 11) is 0. The van der Waals surface area contributed by atoms with Crippen LogP contribution in [-0.4, -0.2) is 28.3 Å². The molecule has 1 fully saturated rings. The van der Waals surface area contributed by atoms with Gasteiger partial charge in [-0.25, -0.2) is 4.98 Å². The first-order chi connectivity index (χ1) is 15.1. The Kier molecular flexibility index (Phi) is 6.82. The molecule has 164 valence electrons. The highest BCUT2D eigenvalue weighted by atomic mass is 16.2. The van der Waals surface area contributed by atoms with E-state index in [9.17, 15) is 9.59 Å². The lowest BCUT2D eigenvalue weighted by molar-refractivity contribution is -0.127. The van der Waals surface area contributed by atoms with E-state index in [1.807, 2.05) is 36.4 Å². The van der Waals surface area contributed by atoms with Crippen molar-refractivity contribution in [3.05, 3.63) is 48.4 Å². The van der Waals surface area contributed by atoms with Gasteiger partial charge in [-0.2, -0.15) is 0 Å². The molecule has 7 nitrogen and oxygen atoms in total. The van der Waals surface area contributed by atoms with E-state index >= 15 is 0 Å². The maximum Gasteiger partial charge on any atom is 0.224 e. The van der Waals surface area contributed by atoms with Crippen LogP contribution in [0.1, 0.15) is 56.8 Å². The summed E-state index contributed by atoms with van der Waals surface area (Å²) in [6.45, 7) is 0.704. The Hall–Kier alpha value is -2.93. The van der Waals surface area contributed by atoms with E-state index in [4.69, 9.17) is 5.73 Å². The number of nitrogens with zero attached hydrogens (tertiary/aromatic N) is 1. The third kappa shape index (κ3) is 5.22. The average Bonchev–Trinajstić information content (AvgIpc) is 3.28. The highest BCUT2D eigenvalue weighted by Crippen LogP contribution is 2.31. The molecule has 2 amide bonds. The van der Waals surface area contributed by atoms with Crippen molar-refractivity contribution >= 4 is 17.5 Å². The van der Waals surface area contributed by atoms with Crippen LogP contribution >= 0.6 is 0 Å². The van der Waals surface area contributed by atoms with Gasteiger partial charge >= 0.3 is 0 Å². The molecule has 1 unspecified atom stereocenters. The molecule has 1 aromatic heterocycles. The van der Waals surface area contributed by atoms with Crippen LogP contribution in [0, 0.1) is 11.8 Å². The van der Waals surface area contributed by atoms with Gasteiger partial charge in [0.25, 0.3) is 0 Å². The summed E-state index contributed by atoms with van der Waals surface area (Å²) in [5.74, 6) is 1.38. The molecular formula is C24H31N5O2. The number of carbonyl (C=O) groups excluding carboxylic acids is 2. The summed E-state index contributed by atoms with van der Waals surface area (Å²) in [5.41, 5.74) is 8.24. The number of anilines is 1. The standard InChI is InChI=1S/C24H31N5O2/c25-14-16-10-12-17(13-11-16)24(31)29-20-8-2-1-3-9-22(30)27-19-7-5-4-6-18(19)21-15-26-23(20)28-21/h1-2,4-7,15-17,20H,3,8-14,25H2,(H,26,28)(H,27,30)(H,29,31). The minimum absolute atomic E-state index is 0.0194. The molecule has 5 N–H and O–H groups in total. The quantitative estimate of drug-likeness (QED) is 0.566. The lowest BCUT2D eigenvalue weighted by atomic mass is 9.81. The highest BCUT2D eigenvalue weighted by Gasteiger charge is 2.28. The number of fused-ring (bicyclic) bond motifs is 4. The highest BCUT2D eigenvalue weighted by molar-refractivity contribution is 5.95. The first-order valence-electron chi connectivity index (χ1n) is 11.2. The van der Waals surface area contributed by atoms with Crippen molar-refractivity contribution in [2.75, 3.05) is 11.9 Å². The number of nitrogens with two attached hydrogens (primary N) is 1. The number of allylic oxidation sites excluding steroid dienone is 1. The van der Waals surface area contributed by atoms with Crippen LogP contribution in [0.25, 0.3) is 11.3 Å². The number of hydrogen-bond acceptors (Lipinski definition) is 4. The molecule has 1 aliphatic carbocycles. The number of hydrogen-bond donors (Lipinski definition) is 4. The number of benzene rings is 1. The lowest BCUT2D eigenvalue weighted by Gasteiger charge is -2.28. The van der Waals surface area contributed by atoms with Gasteiger partial charge < -0.3 is 21.4 Å². The topological polar surface area (TPSA) is 113 Å². The van der Waals surface area contributed by atoms with E-state index in [-0.39, 0.29) is 23.8 Å². The predicted molar refractivity (Wildman–Crippen MR) is 121 cm³/mol. The molecule has 4 rings (SSSR count). The van der Waals surface area contributed by atoms with Gasteiger partial charge in [0.1, 0.15) is 5.82 Å². The number of aromatic nitrogens is 2. The van der Waals surface area contributed by atoms with Gasteiger partial charge in [0.05, 0.1) is 23.6 Å². The minimum atomic E-state index is -0.235. The van der Waals surface area contributed by atoms with Gasteiger partial charge in [-0.3, -0.25) is 9.59 Å². The summed E-state index contributed by atoms with van der Waals surface area (Å²) < 4.78 is 0. The summed E-state index contributed by atoms with van der Waals surface area (Å²) in [4.78, 5) is 33.2. The van der Waals surface area contributed by atoms with Gasteiger partial charge in [-0.05, 0) is 57.1 Å². The van der Waals surface area contributed by atoms with E-state index in [1.165, 1.54) is 0 Å². The molecule has 2 aromatic rings. The maximum absolute atomic E-state index is 13.0. The molecular weight excluding hydrogens is 390 g/mol.